The summed E-state index contributed by atoms with van der Waals surface area (Å²) in [7, 11) is 1.82. The van der Waals surface area contributed by atoms with Crippen LogP contribution in [0.15, 0.2) is 23.3 Å². The lowest BCUT2D eigenvalue weighted by Gasteiger charge is -2.36. The van der Waals surface area contributed by atoms with Crippen molar-refractivity contribution in [1.82, 2.24) is 25.0 Å². The summed E-state index contributed by atoms with van der Waals surface area (Å²) >= 11 is 0. The number of rotatable bonds is 4. The Bertz CT molecular complexity index is 639. The van der Waals surface area contributed by atoms with Crippen molar-refractivity contribution in [3.8, 4) is 0 Å². The minimum absolute atomic E-state index is 0. The van der Waals surface area contributed by atoms with E-state index in [4.69, 9.17) is 0 Å². The second-order valence-electron chi connectivity index (χ2n) is 7.02. The molecule has 0 radical (unpaired) electrons. The van der Waals surface area contributed by atoms with Gasteiger partial charge in [-0.1, -0.05) is 6.07 Å². The van der Waals surface area contributed by atoms with Gasteiger partial charge in [0.1, 0.15) is 0 Å². The number of aromatic nitrogens is 1. The number of aliphatic imine (C=N–C) groups is 1. The molecule has 3 heterocycles. The maximum absolute atomic E-state index is 12.3. The fraction of sp³-hybridized carbons (Fsp3) is 0.632. The van der Waals surface area contributed by atoms with Gasteiger partial charge < -0.3 is 15.1 Å². The van der Waals surface area contributed by atoms with Gasteiger partial charge in [-0.05, 0) is 31.4 Å². The molecule has 1 aromatic rings. The average Bonchev–Trinajstić information content (AvgIpc) is 3.20. The molecule has 150 valence electrons. The number of pyridine rings is 1. The van der Waals surface area contributed by atoms with E-state index >= 15 is 0 Å². The molecule has 7 nitrogen and oxygen atoms in total. The van der Waals surface area contributed by atoms with E-state index < -0.39 is 0 Å². The van der Waals surface area contributed by atoms with Crippen molar-refractivity contribution in [2.45, 2.75) is 26.3 Å². The van der Waals surface area contributed by atoms with E-state index in [1.165, 1.54) is 5.56 Å². The van der Waals surface area contributed by atoms with E-state index in [1.54, 1.807) is 0 Å². The summed E-state index contributed by atoms with van der Waals surface area (Å²) in [4.78, 5) is 27.7. The Morgan fingerprint density at radius 3 is 2.48 bits per heavy atom. The molecule has 3 rings (SSSR count). The first-order valence-corrected chi connectivity index (χ1v) is 9.53. The van der Waals surface area contributed by atoms with Crippen LogP contribution in [0.25, 0.3) is 0 Å². The van der Waals surface area contributed by atoms with Crippen LogP contribution in [-0.2, 0) is 11.3 Å². The number of nitrogens with zero attached hydrogens (tertiary/aromatic N) is 5. The van der Waals surface area contributed by atoms with Gasteiger partial charge in [0.25, 0.3) is 0 Å². The molecule has 27 heavy (non-hydrogen) atoms. The van der Waals surface area contributed by atoms with E-state index in [1.807, 2.05) is 24.2 Å². The Balaban J connectivity index is 0.00000261. The molecule has 1 N–H and O–H groups in total. The number of hydrogen-bond acceptors (Lipinski definition) is 4. The van der Waals surface area contributed by atoms with Crippen LogP contribution >= 0.6 is 24.0 Å². The lowest BCUT2D eigenvalue weighted by atomic mass is 10.2. The van der Waals surface area contributed by atoms with Crippen molar-refractivity contribution < 1.29 is 4.79 Å². The lowest BCUT2D eigenvalue weighted by molar-refractivity contribution is -0.131. The highest BCUT2D eigenvalue weighted by Crippen LogP contribution is 2.10. The van der Waals surface area contributed by atoms with Gasteiger partial charge in [-0.3, -0.25) is 19.7 Å². The van der Waals surface area contributed by atoms with Crippen molar-refractivity contribution in [1.29, 1.82) is 0 Å². The Kier molecular flexibility index (Phi) is 8.75. The number of halogens is 1. The van der Waals surface area contributed by atoms with Gasteiger partial charge in [0.15, 0.2) is 5.96 Å². The Morgan fingerprint density at radius 1 is 1.15 bits per heavy atom. The van der Waals surface area contributed by atoms with Gasteiger partial charge in [0, 0.05) is 52.5 Å². The summed E-state index contributed by atoms with van der Waals surface area (Å²) in [5.74, 6) is 1.18. The zero-order valence-corrected chi connectivity index (χ0v) is 18.7. The van der Waals surface area contributed by atoms with Crippen molar-refractivity contribution >= 4 is 35.8 Å². The zero-order chi connectivity index (χ0) is 18.4. The molecule has 1 aromatic heterocycles. The molecule has 8 heteroatoms. The van der Waals surface area contributed by atoms with Crippen LogP contribution in [-0.4, -0.2) is 84.4 Å². The molecule has 0 spiro atoms. The number of nitrogens with one attached hydrogen (secondary N) is 1. The second kappa shape index (κ2) is 10.8. The second-order valence-corrected chi connectivity index (χ2v) is 7.02. The van der Waals surface area contributed by atoms with Crippen LogP contribution < -0.4 is 5.32 Å². The first-order valence-electron chi connectivity index (χ1n) is 9.53. The fourth-order valence-corrected chi connectivity index (χ4v) is 3.57. The highest BCUT2D eigenvalue weighted by atomic mass is 127. The van der Waals surface area contributed by atoms with Crippen molar-refractivity contribution in [2.24, 2.45) is 4.99 Å². The largest absolute Gasteiger partial charge is 0.351 e. The maximum atomic E-state index is 12.3. The Morgan fingerprint density at radius 2 is 1.85 bits per heavy atom. The molecule has 0 aromatic carbocycles. The van der Waals surface area contributed by atoms with Gasteiger partial charge in [-0.2, -0.15) is 0 Å². The van der Waals surface area contributed by atoms with Crippen LogP contribution in [0.3, 0.4) is 0 Å². The molecule has 2 saturated heterocycles. The highest BCUT2D eigenvalue weighted by molar-refractivity contribution is 14.0. The number of piperazine rings is 1. The van der Waals surface area contributed by atoms with Gasteiger partial charge in [0.2, 0.25) is 5.91 Å². The zero-order valence-electron chi connectivity index (χ0n) is 16.4. The van der Waals surface area contributed by atoms with E-state index in [9.17, 15) is 4.79 Å². The third-order valence-electron chi connectivity index (χ3n) is 5.23. The summed E-state index contributed by atoms with van der Waals surface area (Å²) in [6.45, 7) is 8.71. The average molecular weight is 486 g/mol. The number of hydrogen-bond donors (Lipinski definition) is 1. The number of aryl methyl sites for hydroxylation is 1. The van der Waals surface area contributed by atoms with Crippen LogP contribution in [0, 0.1) is 6.92 Å². The van der Waals surface area contributed by atoms with Crippen molar-refractivity contribution in [3.63, 3.8) is 0 Å². The third kappa shape index (κ3) is 6.03. The molecule has 0 aliphatic carbocycles. The molecule has 2 aliphatic rings. The SMILES string of the molecule is CN=C(NCc1ncccc1C)N1CCN(CC(=O)N2CCCC2)CC1.I. The quantitative estimate of drug-likeness (QED) is 0.395. The fourth-order valence-electron chi connectivity index (χ4n) is 3.57. The summed E-state index contributed by atoms with van der Waals surface area (Å²) < 4.78 is 0. The first-order chi connectivity index (χ1) is 12.7. The molecular formula is C19H31IN6O. The van der Waals surface area contributed by atoms with Crippen LogP contribution in [0.1, 0.15) is 24.1 Å². The number of carbonyl (C=O) groups is 1. The Hall–Kier alpha value is -1.42. The van der Waals surface area contributed by atoms with E-state index in [0.717, 1.165) is 63.8 Å². The molecule has 2 fully saturated rings. The van der Waals surface area contributed by atoms with Crippen LogP contribution in [0.2, 0.25) is 0 Å². The summed E-state index contributed by atoms with van der Waals surface area (Å²) in [5, 5.41) is 3.42. The number of likely N-dealkylation sites (tertiary alicyclic amines) is 1. The third-order valence-corrected chi connectivity index (χ3v) is 5.23. The molecule has 0 bridgehead atoms. The molecule has 0 unspecified atom stereocenters. The smallest absolute Gasteiger partial charge is 0.236 e. The Labute approximate surface area is 179 Å². The van der Waals surface area contributed by atoms with E-state index in [-0.39, 0.29) is 29.9 Å². The molecule has 2 aliphatic heterocycles. The number of carbonyl (C=O) groups excluding carboxylic acids is 1. The normalized spacial score (nSPS) is 18.4. The lowest BCUT2D eigenvalue weighted by Crippen LogP contribution is -2.54. The monoisotopic (exact) mass is 486 g/mol. The molecule has 1 amide bonds. The van der Waals surface area contributed by atoms with Crippen LogP contribution in [0.4, 0.5) is 0 Å². The van der Waals surface area contributed by atoms with Gasteiger partial charge in [-0.15, -0.1) is 24.0 Å². The van der Waals surface area contributed by atoms with E-state index in [2.05, 4.69) is 38.1 Å². The minimum Gasteiger partial charge on any atom is -0.351 e. The summed E-state index contributed by atoms with van der Waals surface area (Å²) in [6, 6.07) is 4.03. The van der Waals surface area contributed by atoms with Gasteiger partial charge >= 0.3 is 0 Å². The molecule has 0 atom stereocenters. The van der Waals surface area contributed by atoms with Crippen molar-refractivity contribution in [3.05, 3.63) is 29.6 Å². The van der Waals surface area contributed by atoms with E-state index in [0.29, 0.717) is 13.1 Å². The summed E-state index contributed by atoms with van der Waals surface area (Å²) in [6.07, 6.45) is 4.12. The van der Waals surface area contributed by atoms with Gasteiger partial charge in [-0.25, -0.2) is 0 Å². The summed E-state index contributed by atoms with van der Waals surface area (Å²) in [5.41, 5.74) is 2.23. The van der Waals surface area contributed by atoms with Crippen molar-refractivity contribution in [2.75, 3.05) is 52.9 Å². The minimum atomic E-state index is 0. The predicted molar refractivity (Wildman–Crippen MR) is 118 cm³/mol. The number of amides is 1. The van der Waals surface area contributed by atoms with Crippen LogP contribution in [0.5, 0.6) is 0 Å². The highest BCUT2D eigenvalue weighted by Gasteiger charge is 2.24. The topological polar surface area (TPSA) is 64.1 Å². The van der Waals surface area contributed by atoms with Gasteiger partial charge in [0.05, 0.1) is 18.8 Å². The first kappa shape index (κ1) is 21.9. The molecular weight excluding hydrogens is 455 g/mol. The standard InChI is InChI=1S/C19H30N6O.HI/c1-16-6-5-7-21-17(16)14-22-19(20-2)25-12-10-23(11-13-25)15-18(26)24-8-3-4-9-24;/h5-7H,3-4,8-15H2,1-2H3,(H,20,22);1H. The maximum Gasteiger partial charge on any atom is 0.236 e. The predicted octanol–water partition coefficient (Wildman–Crippen LogP) is 1.32. The number of guanidine groups is 1. The molecule has 0 saturated carbocycles.